The van der Waals surface area contributed by atoms with Gasteiger partial charge in [-0.1, -0.05) is 40.5 Å². The predicted molar refractivity (Wildman–Crippen MR) is 88.4 cm³/mol. The topological polar surface area (TPSA) is 67.1 Å². The summed E-state index contributed by atoms with van der Waals surface area (Å²) < 4.78 is 0. The zero-order chi connectivity index (χ0) is 15.6. The van der Waals surface area contributed by atoms with Gasteiger partial charge in [0, 0.05) is 24.6 Å². The summed E-state index contributed by atoms with van der Waals surface area (Å²) in [5, 5.41) is 0. The zero-order valence-electron chi connectivity index (χ0n) is 14.0. The highest BCUT2D eigenvalue weighted by molar-refractivity contribution is 5.49. The third-order valence-electron chi connectivity index (χ3n) is 4.46. The summed E-state index contributed by atoms with van der Waals surface area (Å²) in [6.07, 6.45) is 5.18. The molecule has 1 aromatic rings. The minimum Gasteiger partial charge on any atom is -0.356 e. The number of nitrogen functional groups attached to an aromatic ring is 1. The van der Waals surface area contributed by atoms with E-state index in [4.69, 9.17) is 10.8 Å². The fourth-order valence-electron chi connectivity index (χ4n) is 3.07. The number of nitrogens with one attached hydrogen (secondary N) is 1. The third-order valence-corrected chi connectivity index (χ3v) is 4.46. The quantitative estimate of drug-likeness (QED) is 0.662. The normalized spacial score (nSPS) is 23.0. The first-order valence-corrected chi connectivity index (χ1v) is 7.92. The van der Waals surface area contributed by atoms with E-state index in [9.17, 15) is 0 Å². The number of hydrogen-bond donors (Lipinski definition) is 2. The number of aromatic nitrogens is 2. The first-order valence-electron chi connectivity index (χ1n) is 7.92. The Kier molecular flexibility index (Phi) is 4.71. The van der Waals surface area contributed by atoms with Gasteiger partial charge in [-0.3, -0.25) is 0 Å². The van der Waals surface area contributed by atoms with Crippen LogP contribution in [0.2, 0.25) is 0 Å². The van der Waals surface area contributed by atoms with Crippen molar-refractivity contribution >= 4 is 11.6 Å². The molecule has 0 amide bonds. The van der Waals surface area contributed by atoms with Crippen molar-refractivity contribution in [2.45, 2.75) is 64.8 Å². The van der Waals surface area contributed by atoms with Crippen LogP contribution < -0.4 is 16.2 Å². The van der Waals surface area contributed by atoms with Gasteiger partial charge in [-0.15, -0.1) is 0 Å². The average molecular weight is 291 g/mol. The summed E-state index contributed by atoms with van der Waals surface area (Å²) in [5.74, 6) is 8.74. The molecular weight excluding hydrogens is 262 g/mol. The summed E-state index contributed by atoms with van der Waals surface area (Å²) >= 11 is 0. The van der Waals surface area contributed by atoms with E-state index >= 15 is 0 Å². The molecule has 2 rings (SSSR count). The number of nitrogens with zero attached hydrogens (tertiary/aromatic N) is 3. The van der Waals surface area contributed by atoms with E-state index in [1.165, 1.54) is 25.7 Å². The maximum Gasteiger partial charge on any atom is 0.145 e. The van der Waals surface area contributed by atoms with Gasteiger partial charge in [-0.2, -0.15) is 0 Å². The van der Waals surface area contributed by atoms with Crippen molar-refractivity contribution < 1.29 is 0 Å². The van der Waals surface area contributed by atoms with Crippen molar-refractivity contribution in [3.63, 3.8) is 0 Å². The van der Waals surface area contributed by atoms with E-state index in [1.807, 2.05) is 6.07 Å². The molecule has 1 saturated carbocycles. The Balaban J connectivity index is 2.33. The molecule has 1 fully saturated rings. The molecule has 118 valence electrons. The summed E-state index contributed by atoms with van der Waals surface area (Å²) in [6.45, 7) is 8.70. The van der Waals surface area contributed by atoms with Gasteiger partial charge in [0.05, 0.1) is 0 Å². The highest BCUT2D eigenvalue weighted by Gasteiger charge is 2.27. The molecule has 0 aromatic carbocycles. The van der Waals surface area contributed by atoms with E-state index in [2.05, 4.69) is 50.1 Å². The van der Waals surface area contributed by atoms with Gasteiger partial charge in [-0.25, -0.2) is 15.8 Å². The summed E-state index contributed by atoms with van der Waals surface area (Å²) in [4.78, 5) is 11.6. The van der Waals surface area contributed by atoms with Crippen LogP contribution in [0.3, 0.4) is 0 Å². The van der Waals surface area contributed by atoms with Crippen molar-refractivity contribution in [1.29, 1.82) is 0 Å². The van der Waals surface area contributed by atoms with E-state index in [0.717, 1.165) is 11.6 Å². The SMILES string of the molecule is CC1CCCCC1N(C)c1cc(NN)nc(C(C)(C)C)n1. The van der Waals surface area contributed by atoms with Crippen molar-refractivity contribution in [1.82, 2.24) is 9.97 Å². The summed E-state index contributed by atoms with van der Waals surface area (Å²) in [6, 6.07) is 2.49. The molecule has 2 unspecified atom stereocenters. The molecule has 1 aliphatic carbocycles. The van der Waals surface area contributed by atoms with Crippen LogP contribution in [0, 0.1) is 5.92 Å². The minimum absolute atomic E-state index is 0.0966. The smallest absolute Gasteiger partial charge is 0.145 e. The predicted octanol–water partition coefficient (Wildman–Crippen LogP) is 3.07. The monoisotopic (exact) mass is 291 g/mol. The number of hydrazine groups is 1. The molecule has 1 heterocycles. The number of rotatable bonds is 3. The van der Waals surface area contributed by atoms with Crippen LogP contribution >= 0.6 is 0 Å². The van der Waals surface area contributed by atoms with Crippen LogP contribution in [0.1, 0.15) is 59.2 Å². The molecule has 0 aliphatic heterocycles. The van der Waals surface area contributed by atoms with Gasteiger partial charge in [-0.05, 0) is 18.8 Å². The first-order chi connectivity index (χ1) is 9.82. The molecule has 21 heavy (non-hydrogen) atoms. The molecule has 5 heteroatoms. The minimum atomic E-state index is -0.0966. The molecule has 0 radical (unpaired) electrons. The fraction of sp³-hybridized carbons (Fsp3) is 0.750. The highest BCUT2D eigenvalue weighted by atomic mass is 15.3. The maximum absolute atomic E-state index is 5.58. The summed E-state index contributed by atoms with van der Waals surface area (Å²) in [5.41, 5.74) is 2.57. The van der Waals surface area contributed by atoms with Gasteiger partial charge >= 0.3 is 0 Å². The van der Waals surface area contributed by atoms with E-state index in [-0.39, 0.29) is 5.41 Å². The Bertz CT molecular complexity index is 480. The highest BCUT2D eigenvalue weighted by Crippen LogP contribution is 2.31. The van der Waals surface area contributed by atoms with E-state index in [0.29, 0.717) is 17.8 Å². The van der Waals surface area contributed by atoms with Crippen LogP contribution in [0.5, 0.6) is 0 Å². The fourth-order valence-corrected chi connectivity index (χ4v) is 3.07. The Morgan fingerprint density at radius 2 is 1.90 bits per heavy atom. The van der Waals surface area contributed by atoms with Crippen molar-refractivity contribution in [3.05, 3.63) is 11.9 Å². The Labute approximate surface area is 128 Å². The van der Waals surface area contributed by atoms with Gasteiger partial charge in [0.2, 0.25) is 0 Å². The Morgan fingerprint density at radius 3 is 2.48 bits per heavy atom. The lowest BCUT2D eigenvalue weighted by Crippen LogP contribution is -2.40. The van der Waals surface area contributed by atoms with Crippen molar-refractivity contribution in [2.75, 3.05) is 17.4 Å². The molecule has 3 N–H and O–H groups in total. The lowest BCUT2D eigenvalue weighted by molar-refractivity contribution is 0.320. The van der Waals surface area contributed by atoms with Gasteiger partial charge in [0.1, 0.15) is 17.5 Å². The van der Waals surface area contributed by atoms with Gasteiger partial charge in [0.15, 0.2) is 0 Å². The molecule has 0 bridgehead atoms. The summed E-state index contributed by atoms with van der Waals surface area (Å²) in [7, 11) is 2.14. The average Bonchev–Trinajstić information content (AvgIpc) is 2.45. The maximum atomic E-state index is 5.58. The van der Waals surface area contributed by atoms with Crippen molar-refractivity contribution in [2.24, 2.45) is 11.8 Å². The lowest BCUT2D eigenvalue weighted by Gasteiger charge is -2.37. The number of anilines is 2. The second-order valence-electron chi connectivity index (χ2n) is 7.27. The Hall–Kier alpha value is -1.36. The van der Waals surface area contributed by atoms with Crippen LogP contribution in [0.25, 0.3) is 0 Å². The van der Waals surface area contributed by atoms with E-state index in [1.54, 1.807) is 0 Å². The second kappa shape index (κ2) is 6.18. The van der Waals surface area contributed by atoms with Gasteiger partial charge in [0.25, 0.3) is 0 Å². The number of hydrogen-bond acceptors (Lipinski definition) is 5. The van der Waals surface area contributed by atoms with Crippen LogP contribution in [0.15, 0.2) is 6.07 Å². The molecule has 0 spiro atoms. The number of nitrogens with two attached hydrogens (primary N) is 1. The molecule has 5 nitrogen and oxygen atoms in total. The van der Waals surface area contributed by atoms with E-state index < -0.39 is 0 Å². The molecule has 0 saturated heterocycles. The molecule has 1 aliphatic rings. The molecule has 2 atom stereocenters. The molecule has 1 aromatic heterocycles. The van der Waals surface area contributed by atoms with Crippen LogP contribution in [-0.2, 0) is 5.41 Å². The first kappa shape index (κ1) is 16.0. The molecular formula is C16H29N5. The largest absolute Gasteiger partial charge is 0.356 e. The van der Waals surface area contributed by atoms with Gasteiger partial charge < -0.3 is 10.3 Å². The zero-order valence-corrected chi connectivity index (χ0v) is 14.0. The van der Waals surface area contributed by atoms with Crippen molar-refractivity contribution in [3.8, 4) is 0 Å². The van der Waals surface area contributed by atoms with Crippen LogP contribution in [-0.4, -0.2) is 23.1 Å². The van der Waals surface area contributed by atoms with Crippen LogP contribution in [0.4, 0.5) is 11.6 Å². The lowest BCUT2D eigenvalue weighted by atomic mass is 9.85. The standard InChI is InChI=1S/C16H29N5/c1-11-8-6-7-9-12(11)21(5)14-10-13(20-17)18-15(19-14)16(2,3)4/h10-12H,6-9,17H2,1-5H3,(H,18,19,20). The Morgan fingerprint density at radius 1 is 1.24 bits per heavy atom. The third kappa shape index (κ3) is 3.64. The second-order valence-corrected chi connectivity index (χ2v) is 7.27.